The monoisotopic (exact) mass is 922 g/mol. The van der Waals surface area contributed by atoms with E-state index in [0.717, 1.165) is 27.9 Å². The van der Waals surface area contributed by atoms with Gasteiger partial charge in [0.15, 0.2) is 0 Å². The van der Waals surface area contributed by atoms with Crippen molar-refractivity contribution in [3.05, 3.63) is 156 Å². The molecule has 1 amide bonds. The standard InChI is InChI=1S/C24H21FN2O4S.C23H18FNO5S.CH5N/c1-26-24(28)22-19-13-18(15-7-5-4-6-8-15)20(27(2)32(3,29)30)14-21(19)31-23(22)16-9-11-17(25)12-10-16;1-25(31(2,28)29)19-13-20-18(12-17(19)14-6-4-3-5-7-14)21(23(26)27)22(30-20)15-8-10-16(24)11-9-15;1-2/h4-14H,1-3H3,(H,26,28);3-13H,1-2H3,(H,26,27);2H2,1H3. The highest BCUT2D eigenvalue weighted by atomic mass is 32.2. The smallest absolute Gasteiger partial charge is 0.340 e. The molecule has 0 aliphatic rings. The molecule has 2 heterocycles. The number of sulfonamides is 2. The van der Waals surface area contributed by atoms with E-state index >= 15 is 0 Å². The van der Waals surface area contributed by atoms with Gasteiger partial charge in [-0.2, -0.15) is 0 Å². The lowest BCUT2D eigenvalue weighted by Crippen LogP contribution is -2.25. The van der Waals surface area contributed by atoms with Crippen molar-refractivity contribution in [1.29, 1.82) is 0 Å². The minimum absolute atomic E-state index is 0.0701. The molecule has 0 bridgehead atoms. The van der Waals surface area contributed by atoms with E-state index in [1.54, 1.807) is 30.3 Å². The summed E-state index contributed by atoms with van der Waals surface area (Å²) in [5.74, 6) is -2.10. The number of carboxylic acid groups (broad SMARTS) is 1. The molecule has 4 N–H and O–H groups in total. The molecule has 0 aliphatic carbocycles. The minimum Gasteiger partial charge on any atom is -0.478 e. The Balaban J connectivity index is 0.000000208. The van der Waals surface area contributed by atoms with Crippen LogP contribution in [0.3, 0.4) is 0 Å². The Labute approximate surface area is 374 Å². The van der Waals surface area contributed by atoms with E-state index in [0.29, 0.717) is 55.5 Å². The molecule has 0 unspecified atom stereocenters. The number of fused-ring (bicyclic) bond motifs is 2. The average Bonchev–Trinajstić information content (AvgIpc) is 3.87. The summed E-state index contributed by atoms with van der Waals surface area (Å²) < 4.78 is 90.1. The lowest BCUT2D eigenvalue weighted by atomic mass is 9.98. The molecule has 8 aromatic rings. The lowest BCUT2D eigenvalue weighted by Gasteiger charge is -2.20. The fourth-order valence-electron chi connectivity index (χ4n) is 7.01. The summed E-state index contributed by atoms with van der Waals surface area (Å²) in [5.41, 5.74) is 9.62. The maximum atomic E-state index is 13.5. The average molecular weight is 923 g/mol. The van der Waals surface area contributed by atoms with Crippen molar-refractivity contribution < 1.29 is 49.1 Å². The van der Waals surface area contributed by atoms with Gasteiger partial charge in [-0.05, 0) is 78.8 Å². The van der Waals surface area contributed by atoms with E-state index in [1.165, 1.54) is 87.1 Å². The number of carbonyl (C=O) groups is 2. The first-order valence-corrected chi connectivity index (χ1v) is 23.3. The van der Waals surface area contributed by atoms with E-state index in [2.05, 4.69) is 11.1 Å². The molecule has 336 valence electrons. The van der Waals surface area contributed by atoms with Gasteiger partial charge in [0.1, 0.15) is 39.9 Å². The summed E-state index contributed by atoms with van der Waals surface area (Å²) in [7, 11) is -1.26. The number of anilines is 2. The maximum Gasteiger partial charge on any atom is 0.340 e. The predicted octanol–water partition coefficient (Wildman–Crippen LogP) is 9.24. The Hall–Kier alpha value is -7.34. The van der Waals surface area contributed by atoms with Crippen molar-refractivity contribution in [2.45, 2.75) is 0 Å². The number of rotatable bonds is 10. The van der Waals surface area contributed by atoms with Crippen LogP contribution in [0.5, 0.6) is 0 Å². The fourth-order valence-corrected chi connectivity index (χ4v) is 8.03. The molecular weight excluding hydrogens is 879 g/mol. The third kappa shape index (κ3) is 9.92. The fraction of sp³-hybridized carbons (Fsp3) is 0.125. The largest absolute Gasteiger partial charge is 0.478 e. The molecule has 0 aliphatic heterocycles. The van der Waals surface area contributed by atoms with Gasteiger partial charge in [0, 0.05) is 66.3 Å². The minimum atomic E-state index is -3.60. The summed E-state index contributed by atoms with van der Waals surface area (Å²) in [4.78, 5) is 24.9. The molecule has 65 heavy (non-hydrogen) atoms. The molecule has 0 radical (unpaired) electrons. The van der Waals surface area contributed by atoms with Crippen molar-refractivity contribution in [2.24, 2.45) is 5.73 Å². The summed E-state index contributed by atoms with van der Waals surface area (Å²) in [6, 6.07) is 35.8. The number of hydrogen-bond donors (Lipinski definition) is 3. The zero-order chi connectivity index (χ0) is 47.4. The molecule has 0 atom stereocenters. The number of furan rings is 2. The summed E-state index contributed by atoms with van der Waals surface area (Å²) >= 11 is 0. The van der Waals surface area contributed by atoms with Gasteiger partial charge < -0.3 is 25.0 Å². The Morgan fingerprint density at radius 3 is 1.26 bits per heavy atom. The number of carboxylic acids is 1. The predicted molar refractivity (Wildman–Crippen MR) is 251 cm³/mol. The normalized spacial score (nSPS) is 11.3. The zero-order valence-corrected chi connectivity index (χ0v) is 37.6. The van der Waals surface area contributed by atoms with Crippen LogP contribution < -0.4 is 19.7 Å². The number of amides is 1. The number of nitrogens with two attached hydrogens (primary N) is 1. The Kier molecular flexibility index (Phi) is 13.9. The van der Waals surface area contributed by atoms with Gasteiger partial charge in [-0.1, -0.05) is 60.7 Å². The van der Waals surface area contributed by atoms with Crippen LogP contribution in [-0.2, 0) is 20.0 Å². The number of benzene rings is 6. The van der Waals surface area contributed by atoms with Crippen molar-refractivity contribution in [2.75, 3.05) is 49.3 Å². The zero-order valence-electron chi connectivity index (χ0n) is 36.0. The molecular formula is C48H44F2N4O9S2. The van der Waals surface area contributed by atoms with E-state index in [4.69, 9.17) is 8.83 Å². The molecule has 6 aromatic carbocycles. The van der Waals surface area contributed by atoms with Crippen molar-refractivity contribution >= 4 is 65.2 Å². The first-order valence-electron chi connectivity index (χ1n) is 19.6. The quantitative estimate of drug-likeness (QED) is 0.119. The van der Waals surface area contributed by atoms with E-state index in [1.807, 2.05) is 48.5 Å². The first-order chi connectivity index (χ1) is 30.9. The van der Waals surface area contributed by atoms with Crippen molar-refractivity contribution in [3.63, 3.8) is 0 Å². The van der Waals surface area contributed by atoms with Crippen LogP contribution in [0.25, 0.3) is 66.8 Å². The number of nitrogens with one attached hydrogen (secondary N) is 1. The first kappa shape index (κ1) is 47.1. The Morgan fingerprint density at radius 2 is 0.923 bits per heavy atom. The van der Waals surface area contributed by atoms with Crippen LogP contribution in [0.15, 0.2) is 142 Å². The van der Waals surface area contributed by atoms with Crippen LogP contribution in [0.4, 0.5) is 20.2 Å². The topological polar surface area (TPSA) is 193 Å². The van der Waals surface area contributed by atoms with Crippen LogP contribution in [0.1, 0.15) is 20.7 Å². The SMILES string of the molecule is CN.CN(c1cc2oc(-c3ccc(F)cc3)c(C(=O)O)c2cc1-c1ccccc1)S(C)(=O)=O.CNC(=O)c1c(-c2ccc(F)cc2)oc2cc(N(C)S(C)(=O)=O)c(-c3ccccc3)cc12. The Bertz CT molecular complexity index is 3250. The van der Waals surface area contributed by atoms with Gasteiger partial charge >= 0.3 is 5.97 Å². The molecule has 0 spiro atoms. The van der Waals surface area contributed by atoms with Crippen molar-refractivity contribution in [3.8, 4) is 44.9 Å². The number of hydrogen-bond acceptors (Lipinski definition) is 9. The third-order valence-electron chi connectivity index (χ3n) is 10.3. The second-order valence-corrected chi connectivity index (χ2v) is 18.5. The third-order valence-corrected chi connectivity index (χ3v) is 12.7. The molecule has 17 heteroatoms. The van der Waals surface area contributed by atoms with Gasteiger partial charge in [-0.25, -0.2) is 30.4 Å². The maximum absolute atomic E-state index is 13.5. The highest BCUT2D eigenvalue weighted by Crippen LogP contribution is 2.43. The van der Waals surface area contributed by atoms with Gasteiger partial charge in [-0.3, -0.25) is 13.4 Å². The molecule has 0 fully saturated rings. The number of nitrogens with zero attached hydrogens (tertiary/aromatic N) is 2. The number of aromatic carboxylic acids is 1. The summed E-state index contributed by atoms with van der Waals surface area (Å²) in [6.45, 7) is 0. The van der Waals surface area contributed by atoms with E-state index < -0.39 is 37.7 Å². The van der Waals surface area contributed by atoms with Crippen LogP contribution >= 0.6 is 0 Å². The summed E-state index contributed by atoms with van der Waals surface area (Å²) in [5, 5.41) is 13.4. The number of halogens is 2. The van der Waals surface area contributed by atoms with E-state index in [9.17, 15) is 40.3 Å². The van der Waals surface area contributed by atoms with Crippen molar-refractivity contribution in [1.82, 2.24) is 5.32 Å². The second-order valence-electron chi connectivity index (χ2n) is 14.4. The van der Waals surface area contributed by atoms with Gasteiger partial charge in [0.2, 0.25) is 20.0 Å². The number of carbonyl (C=O) groups excluding carboxylic acids is 1. The molecule has 0 saturated carbocycles. The molecule has 2 aromatic heterocycles. The van der Waals surface area contributed by atoms with Gasteiger partial charge in [0.25, 0.3) is 5.91 Å². The van der Waals surface area contributed by atoms with Gasteiger partial charge in [0.05, 0.1) is 29.4 Å². The summed E-state index contributed by atoms with van der Waals surface area (Å²) in [6.07, 6.45) is 2.20. The van der Waals surface area contributed by atoms with Gasteiger partial charge in [-0.15, -0.1) is 0 Å². The van der Waals surface area contributed by atoms with Crippen LogP contribution in [-0.4, -0.2) is 74.5 Å². The molecule has 0 saturated heterocycles. The second kappa shape index (κ2) is 19.2. The lowest BCUT2D eigenvalue weighted by molar-refractivity contribution is 0.0698. The highest BCUT2D eigenvalue weighted by Gasteiger charge is 2.28. The molecule has 13 nitrogen and oxygen atoms in total. The Morgan fingerprint density at radius 1 is 0.569 bits per heavy atom. The van der Waals surface area contributed by atoms with Crippen LogP contribution in [0.2, 0.25) is 0 Å². The van der Waals surface area contributed by atoms with Crippen LogP contribution in [0, 0.1) is 11.6 Å². The van der Waals surface area contributed by atoms with E-state index in [-0.39, 0.29) is 28.6 Å². The highest BCUT2D eigenvalue weighted by molar-refractivity contribution is 7.92. The molecule has 8 rings (SSSR count).